The van der Waals surface area contributed by atoms with Gasteiger partial charge in [-0.1, -0.05) is 11.8 Å². The molecule has 0 radical (unpaired) electrons. The highest BCUT2D eigenvalue weighted by Gasteiger charge is 2.28. The Morgan fingerprint density at radius 1 is 1.36 bits per heavy atom. The minimum Gasteiger partial charge on any atom is -0.378 e. The molecule has 2 aromatic heterocycles. The first-order valence-corrected chi connectivity index (χ1v) is 8.83. The zero-order valence-corrected chi connectivity index (χ0v) is 14.7. The van der Waals surface area contributed by atoms with Gasteiger partial charge in [0, 0.05) is 28.3 Å². The summed E-state index contributed by atoms with van der Waals surface area (Å²) in [6.07, 6.45) is 2.20. The molecule has 1 unspecified atom stereocenters. The summed E-state index contributed by atoms with van der Waals surface area (Å²) in [5, 5.41) is 20.7. The van der Waals surface area contributed by atoms with Crippen molar-refractivity contribution in [2.24, 2.45) is 0 Å². The molecule has 1 aromatic carbocycles. The quantitative estimate of drug-likeness (QED) is 0.589. The third-order valence-corrected chi connectivity index (χ3v) is 5.23. The molecule has 1 atom stereocenters. The first-order valence-electron chi connectivity index (χ1n) is 8.01. The highest BCUT2D eigenvalue weighted by Crippen LogP contribution is 2.41. The maximum Gasteiger partial charge on any atom is 0.225 e. The van der Waals surface area contributed by atoms with E-state index in [0.717, 1.165) is 31.9 Å². The molecule has 0 saturated heterocycles. The Morgan fingerprint density at radius 3 is 3.00 bits per heavy atom. The summed E-state index contributed by atoms with van der Waals surface area (Å²) in [5.74, 6) is 5.85. The van der Waals surface area contributed by atoms with Gasteiger partial charge in [-0.2, -0.15) is 5.10 Å². The van der Waals surface area contributed by atoms with Crippen molar-refractivity contribution in [1.29, 1.82) is 0 Å². The van der Waals surface area contributed by atoms with Crippen molar-refractivity contribution in [2.45, 2.75) is 31.8 Å². The molecule has 3 aromatic rings. The van der Waals surface area contributed by atoms with Gasteiger partial charge in [0.25, 0.3) is 0 Å². The van der Waals surface area contributed by atoms with Crippen LogP contribution in [0.1, 0.15) is 41.5 Å². The number of fused-ring (bicyclic) bond motifs is 2. The van der Waals surface area contributed by atoms with E-state index >= 15 is 0 Å². The molecule has 25 heavy (non-hydrogen) atoms. The van der Waals surface area contributed by atoms with Crippen LogP contribution < -0.4 is 5.32 Å². The number of benzene rings is 1. The number of carbonyl (C=O) groups excluding carboxylic acids is 1. The lowest BCUT2D eigenvalue weighted by atomic mass is 9.88. The predicted octanol–water partition coefficient (Wildman–Crippen LogP) is 3.22. The maximum absolute atomic E-state index is 12.2. The van der Waals surface area contributed by atoms with Gasteiger partial charge >= 0.3 is 0 Å². The van der Waals surface area contributed by atoms with Gasteiger partial charge in [0.05, 0.1) is 16.6 Å². The van der Waals surface area contributed by atoms with E-state index in [1.54, 1.807) is 31.4 Å². The van der Waals surface area contributed by atoms with Gasteiger partial charge in [0.15, 0.2) is 0 Å². The number of carbonyl (C=O) groups is 1. The number of aromatic nitrogens is 2. The van der Waals surface area contributed by atoms with Crippen LogP contribution in [0.3, 0.4) is 0 Å². The first-order chi connectivity index (χ1) is 11.9. The third kappa shape index (κ3) is 3.16. The van der Waals surface area contributed by atoms with Crippen LogP contribution in [0.5, 0.6) is 0 Å². The second-order valence-corrected chi connectivity index (χ2v) is 7.83. The number of aromatic amines is 1. The predicted molar refractivity (Wildman–Crippen MR) is 98.7 cm³/mol. The molecule has 1 aliphatic rings. The topological polar surface area (TPSA) is 78.0 Å². The van der Waals surface area contributed by atoms with Gasteiger partial charge in [-0.3, -0.25) is 9.89 Å². The average molecular weight is 351 g/mol. The van der Waals surface area contributed by atoms with E-state index in [2.05, 4.69) is 33.4 Å². The number of amides is 1. The fourth-order valence-corrected chi connectivity index (χ4v) is 3.96. The maximum atomic E-state index is 12.2. The van der Waals surface area contributed by atoms with Crippen LogP contribution in [-0.4, -0.2) is 26.8 Å². The summed E-state index contributed by atoms with van der Waals surface area (Å²) >= 11 is 1.57. The number of hydrogen-bond donors (Lipinski definition) is 3. The number of H-pyrrole nitrogens is 1. The first kappa shape index (κ1) is 15.9. The number of nitrogens with one attached hydrogen (secondary N) is 2. The minimum absolute atomic E-state index is 0.00531. The van der Waals surface area contributed by atoms with Gasteiger partial charge in [-0.25, -0.2) is 0 Å². The van der Waals surface area contributed by atoms with E-state index in [4.69, 9.17) is 0 Å². The Balaban J connectivity index is 1.75. The number of hydrogen-bond acceptors (Lipinski definition) is 4. The molecule has 3 N–H and O–H groups in total. The molecule has 126 valence electrons. The van der Waals surface area contributed by atoms with E-state index in [1.807, 2.05) is 18.2 Å². The highest BCUT2D eigenvalue weighted by atomic mass is 32.1. The summed E-state index contributed by atoms with van der Waals surface area (Å²) in [4.78, 5) is 14.1. The summed E-state index contributed by atoms with van der Waals surface area (Å²) in [6, 6.07) is 7.98. The molecule has 5 nitrogen and oxygen atoms in total. The Bertz CT molecular complexity index is 1030. The van der Waals surface area contributed by atoms with E-state index in [0.29, 0.717) is 6.42 Å². The normalized spacial score (nSPS) is 16.9. The second kappa shape index (κ2) is 5.73. The number of rotatable bonds is 1. The molecule has 0 spiro atoms. The molecule has 0 fully saturated rings. The zero-order chi connectivity index (χ0) is 17.6. The summed E-state index contributed by atoms with van der Waals surface area (Å²) in [6.45, 7) is 3.32. The molecule has 6 heteroatoms. The largest absolute Gasteiger partial charge is 0.378 e. The number of aliphatic hydroxyl groups is 1. The van der Waals surface area contributed by atoms with Crippen molar-refractivity contribution >= 4 is 33.8 Å². The number of thiophene rings is 1. The third-order valence-electron chi connectivity index (χ3n) is 4.11. The number of anilines is 1. The Labute approximate surface area is 149 Å². The smallest absolute Gasteiger partial charge is 0.225 e. The molecule has 3 heterocycles. The molecule has 4 rings (SSSR count). The summed E-state index contributed by atoms with van der Waals surface area (Å²) < 4.78 is 0. The lowest BCUT2D eigenvalue weighted by Gasteiger charge is -2.25. The Kier molecular flexibility index (Phi) is 3.64. The van der Waals surface area contributed by atoms with Crippen LogP contribution in [0, 0.1) is 11.8 Å². The standard InChI is InChI=1S/C19H17N3O2S/c1-19(2,24)6-5-12-3-4-17(25-12)14-8-18(23)21-16-9-15-11(7-13(14)16)10-20-22-15/h3-4,7,9-10,14,24H,8H2,1-2H3,(H,20,22)(H,21,23). The SMILES string of the molecule is CC(C)(O)C#Cc1ccc(C2CC(=O)Nc3cc4[nH]ncc4cc32)s1. The molecule has 0 saturated carbocycles. The molecule has 1 aliphatic heterocycles. The second-order valence-electron chi connectivity index (χ2n) is 6.71. The van der Waals surface area contributed by atoms with Crippen molar-refractivity contribution < 1.29 is 9.90 Å². The Morgan fingerprint density at radius 2 is 2.20 bits per heavy atom. The van der Waals surface area contributed by atoms with Crippen molar-refractivity contribution in [3.8, 4) is 11.8 Å². The lowest BCUT2D eigenvalue weighted by molar-refractivity contribution is -0.116. The van der Waals surface area contributed by atoms with E-state index in [1.165, 1.54) is 0 Å². The van der Waals surface area contributed by atoms with Crippen LogP contribution in [0.15, 0.2) is 30.5 Å². The summed E-state index contributed by atoms with van der Waals surface area (Å²) in [7, 11) is 0. The molecular formula is C19H17N3O2S. The van der Waals surface area contributed by atoms with Crippen molar-refractivity contribution in [1.82, 2.24) is 10.2 Å². The van der Waals surface area contributed by atoms with Crippen LogP contribution in [0.4, 0.5) is 5.69 Å². The van der Waals surface area contributed by atoms with Crippen molar-refractivity contribution in [2.75, 3.05) is 5.32 Å². The van der Waals surface area contributed by atoms with E-state index in [9.17, 15) is 9.90 Å². The van der Waals surface area contributed by atoms with E-state index in [-0.39, 0.29) is 11.8 Å². The van der Waals surface area contributed by atoms with Crippen LogP contribution >= 0.6 is 11.3 Å². The van der Waals surface area contributed by atoms with Crippen LogP contribution in [-0.2, 0) is 4.79 Å². The zero-order valence-electron chi connectivity index (χ0n) is 13.9. The molecule has 1 amide bonds. The van der Waals surface area contributed by atoms with E-state index < -0.39 is 5.60 Å². The summed E-state index contributed by atoms with van der Waals surface area (Å²) in [5.41, 5.74) is 1.81. The minimum atomic E-state index is -1.02. The number of nitrogens with zero attached hydrogens (tertiary/aromatic N) is 1. The van der Waals surface area contributed by atoms with Crippen molar-refractivity contribution in [3.05, 3.63) is 45.8 Å². The molecule has 0 aliphatic carbocycles. The van der Waals surface area contributed by atoms with Crippen LogP contribution in [0.25, 0.3) is 10.9 Å². The molecule has 0 bridgehead atoms. The molecular weight excluding hydrogens is 334 g/mol. The average Bonchev–Trinajstić information content (AvgIpc) is 3.18. The fourth-order valence-electron chi connectivity index (χ4n) is 2.98. The van der Waals surface area contributed by atoms with Crippen LogP contribution in [0.2, 0.25) is 0 Å². The highest BCUT2D eigenvalue weighted by molar-refractivity contribution is 7.12. The fraction of sp³-hybridized carbons (Fsp3) is 0.263. The van der Waals surface area contributed by atoms with Gasteiger partial charge in [0.1, 0.15) is 5.60 Å². The Hall–Kier alpha value is -2.62. The lowest BCUT2D eigenvalue weighted by Crippen LogP contribution is -2.23. The van der Waals surface area contributed by atoms with Gasteiger partial charge in [-0.05, 0) is 43.7 Å². The monoisotopic (exact) mass is 351 g/mol. The van der Waals surface area contributed by atoms with Crippen molar-refractivity contribution in [3.63, 3.8) is 0 Å². The van der Waals surface area contributed by atoms with Gasteiger partial charge < -0.3 is 10.4 Å². The van der Waals surface area contributed by atoms with Gasteiger partial charge in [0.2, 0.25) is 5.91 Å². The van der Waals surface area contributed by atoms with Gasteiger partial charge in [-0.15, -0.1) is 11.3 Å².